The third kappa shape index (κ3) is 3.63. The Morgan fingerprint density at radius 3 is 2.74 bits per heavy atom. The van der Waals surface area contributed by atoms with E-state index >= 15 is 0 Å². The van der Waals surface area contributed by atoms with E-state index < -0.39 is 0 Å². The Hall–Kier alpha value is -2.95. The second-order valence-electron chi connectivity index (χ2n) is 4.99. The van der Waals surface area contributed by atoms with E-state index in [1.165, 1.54) is 0 Å². The molecule has 2 aromatic carbocycles. The maximum Gasteiger partial charge on any atom is 0.319 e. The molecule has 3 rings (SSSR count). The molecule has 0 saturated carbocycles. The molecule has 0 radical (unpaired) electrons. The highest BCUT2D eigenvalue weighted by Gasteiger charge is 2.08. The van der Waals surface area contributed by atoms with Crippen LogP contribution in [0.25, 0.3) is 11.0 Å². The van der Waals surface area contributed by atoms with Crippen LogP contribution >= 0.6 is 0 Å². The van der Waals surface area contributed by atoms with E-state index in [0.717, 1.165) is 11.0 Å². The number of para-hydroxylation sites is 3. The summed E-state index contributed by atoms with van der Waals surface area (Å²) in [6, 6.07) is 16.7. The summed E-state index contributed by atoms with van der Waals surface area (Å²) in [6.07, 6.45) is 0. The first-order valence-electron chi connectivity index (χ1n) is 7.50. The number of carbonyl (C=O) groups excluding carboxylic acids is 1. The second-order valence-corrected chi connectivity index (χ2v) is 4.99. The lowest BCUT2D eigenvalue weighted by Gasteiger charge is -2.11. The van der Waals surface area contributed by atoms with Gasteiger partial charge in [-0.25, -0.2) is 4.79 Å². The van der Waals surface area contributed by atoms with Gasteiger partial charge in [0.15, 0.2) is 0 Å². The van der Waals surface area contributed by atoms with Gasteiger partial charge in [0.2, 0.25) is 0 Å². The predicted octanol–water partition coefficient (Wildman–Crippen LogP) is 4.15. The van der Waals surface area contributed by atoms with Crippen LogP contribution in [0.1, 0.15) is 12.7 Å². The Morgan fingerprint density at radius 1 is 1.13 bits per heavy atom. The van der Waals surface area contributed by atoms with Crippen LogP contribution in [-0.2, 0) is 6.54 Å². The average molecular weight is 310 g/mol. The fourth-order valence-electron chi connectivity index (χ4n) is 2.31. The highest BCUT2D eigenvalue weighted by Crippen LogP contribution is 2.23. The maximum absolute atomic E-state index is 12.0. The van der Waals surface area contributed by atoms with E-state index in [0.29, 0.717) is 30.3 Å². The number of ether oxygens (including phenoxy) is 1. The lowest BCUT2D eigenvalue weighted by atomic mass is 10.2. The molecular formula is C18H18N2O3. The minimum Gasteiger partial charge on any atom is -0.492 e. The van der Waals surface area contributed by atoms with Gasteiger partial charge in [-0.15, -0.1) is 0 Å². The molecule has 23 heavy (non-hydrogen) atoms. The number of carbonyl (C=O) groups is 1. The predicted molar refractivity (Wildman–Crippen MR) is 89.7 cm³/mol. The minimum atomic E-state index is -0.308. The Morgan fingerprint density at radius 2 is 1.91 bits per heavy atom. The summed E-state index contributed by atoms with van der Waals surface area (Å²) in [5.74, 6) is 1.35. The smallest absolute Gasteiger partial charge is 0.319 e. The number of furan rings is 1. The van der Waals surface area contributed by atoms with Crippen LogP contribution in [0.15, 0.2) is 59.0 Å². The molecule has 5 heteroatoms. The van der Waals surface area contributed by atoms with Crippen LogP contribution in [0.4, 0.5) is 10.5 Å². The number of rotatable bonds is 5. The van der Waals surface area contributed by atoms with Gasteiger partial charge in [0.1, 0.15) is 17.1 Å². The van der Waals surface area contributed by atoms with E-state index in [2.05, 4.69) is 10.6 Å². The van der Waals surface area contributed by atoms with E-state index in [-0.39, 0.29) is 6.03 Å². The van der Waals surface area contributed by atoms with E-state index in [9.17, 15) is 4.79 Å². The molecule has 3 aromatic rings. The number of hydrogen-bond acceptors (Lipinski definition) is 3. The molecule has 0 aliphatic rings. The van der Waals surface area contributed by atoms with Gasteiger partial charge in [-0.3, -0.25) is 0 Å². The molecule has 0 unspecified atom stereocenters. The summed E-state index contributed by atoms with van der Waals surface area (Å²) in [5, 5.41) is 6.58. The highest BCUT2D eigenvalue weighted by molar-refractivity contribution is 5.90. The number of benzene rings is 2. The first kappa shape index (κ1) is 15.0. The van der Waals surface area contributed by atoms with Gasteiger partial charge in [0.25, 0.3) is 0 Å². The first-order valence-corrected chi connectivity index (χ1v) is 7.50. The van der Waals surface area contributed by atoms with Gasteiger partial charge in [-0.05, 0) is 31.2 Å². The largest absolute Gasteiger partial charge is 0.492 e. The van der Waals surface area contributed by atoms with Crippen molar-refractivity contribution in [3.8, 4) is 5.75 Å². The molecule has 1 aromatic heterocycles. The minimum absolute atomic E-state index is 0.308. The lowest BCUT2D eigenvalue weighted by Crippen LogP contribution is -2.28. The van der Waals surface area contributed by atoms with E-state index in [4.69, 9.17) is 9.15 Å². The summed E-state index contributed by atoms with van der Waals surface area (Å²) in [5.41, 5.74) is 1.45. The standard InChI is InChI=1S/C18H18N2O3/c1-2-22-17-10-6-4-8-15(17)20-18(21)19-12-14-11-13-7-3-5-9-16(13)23-14/h3-11H,2,12H2,1H3,(H2,19,20,21). The fraction of sp³-hybridized carbons (Fsp3) is 0.167. The van der Waals surface area contributed by atoms with Crippen LogP contribution in [-0.4, -0.2) is 12.6 Å². The van der Waals surface area contributed by atoms with Crippen molar-refractivity contribution in [2.45, 2.75) is 13.5 Å². The number of fused-ring (bicyclic) bond motifs is 1. The van der Waals surface area contributed by atoms with Gasteiger partial charge >= 0.3 is 6.03 Å². The van der Waals surface area contributed by atoms with Crippen LogP contribution in [0.2, 0.25) is 0 Å². The van der Waals surface area contributed by atoms with Crippen LogP contribution in [0, 0.1) is 0 Å². The Labute approximate surface area is 134 Å². The van der Waals surface area contributed by atoms with Crippen molar-refractivity contribution in [3.05, 3.63) is 60.4 Å². The molecule has 0 aliphatic carbocycles. The molecule has 0 saturated heterocycles. The molecule has 0 spiro atoms. The lowest BCUT2D eigenvalue weighted by molar-refractivity contribution is 0.250. The van der Waals surface area contributed by atoms with Crippen LogP contribution in [0.5, 0.6) is 5.75 Å². The number of hydrogen-bond donors (Lipinski definition) is 2. The Kier molecular flexibility index (Phi) is 4.47. The Balaban J connectivity index is 1.61. The monoisotopic (exact) mass is 310 g/mol. The molecule has 2 N–H and O–H groups in total. The molecule has 0 fully saturated rings. The van der Waals surface area contributed by atoms with Gasteiger partial charge in [0, 0.05) is 5.39 Å². The first-order chi connectivity index (χ1) is 11.3. The topological polar surface area (TPSA) is 63.5 Å². The highest BCUT2D eigenvalue weighted by atomic mass is 16.5. The number of amides is 2. The molecule has 5 nitrogen and oxygen atoms in total. The summed E-state index contributed by atoms with van der Waals surface area (Å²) < 4.78 is 11.1. The Bertz CT molecular complexity index is 778. The fourth-order valence-corrected chi connectivity index (χ4v) is 2.31. The van der Waals surface area contributed by atoms with Gasteiger partial charge in [-0.2, -0.15) is 0 Å². The molecule has 2 amide bonds. The van der Waals surface area contributed by atoms with Crippen molar-refractivity contribution in [2.75, 3.05) is 11.9 Å². The van der Waals surface area contributed by atoms with Gasteiger partial charge in [0.05, 0.1) is 18.8 Å². The molecule has 0 atom stereocenters. The quantitative estimate of drug-likeness (QED) is 0.744. The van der Waals surface area contributed by atoms with E-state index in [1.54, 1.807) is 6.07 Å². The molecule has 118 valence electrons. The third-order valence-electron chi connectivity index (χ3n) is 3.33. The third-order valence-corrected chi connectivity index (χ3v) is 3.33. The summed E-state index contributed by atoms with van der Waals surface area (Å²) >= 11 is 0. The normalized spacial score (nSPS) is 10.5. The number of urea groups is 1. The molecular weight excluding hydrogens is 292 g/mol. The molecule has 1 heterocycles. The summed E-state index contributed by atoms with van der Waals surface area (Å²) in [6.45, 7) is 2.76. The summed E-state index contributed by atoms with van der Waals surface area (Å²) in [7, 11) is 0. The van der Waals surface area contributed by atoms with Crippen molar-refractivity contribution in [1.82, 2.24) is 5.32 Å². The van der Waals surface area contributed by atoms with Crippen LogP contribution in [0.3, 0.4) is 0 Å². The molecule has 0 aliphatic heterocycles. The summed E-state index contributed by atoms with van der Waals surface area (Å²) in [4.78, 5) is 12.0. The average Bonchev–Trinajstić information content (AvgIpc) is 2.98. The zero-order valence-electron chi connectivity index (χ0n) is 12.8. The van der Waals surface area contributed by atoms with Gasteiger partial charge < -0.3 is 19.8 Å². The van der Waals surface area contributed by atoms with Crippen molar-refractivity contribution in [2.24, 2.45) is 0 Å². The van der Waals surface area contributed by atoms with Crippen molar-refractivity contribution in [1.29, 1.82) is 0 Å². The SMILES string of the molecule is CCOc1ccccc1NC(=O)NCc1cc2ccccc2o1. The van der Waals surface area contributed by atoms with E-state index in [1.807, 2.05) is 55.5 Å². The second kappa shape index (κ2) is 6.87. The van der Waals surface area contributed by atoms with Crippen molar-refractivity contribution >= 4 is 22.7 Å². The number of nitrogens with one attached hydrogen (secondary N) is 2. The zero-order chi connectivity index (χ0) is 16.1. The zero-order valence-corrected chi connectivity index (χ0v) is 12.8. The van der Waals surface area contributed by atoms with Crippen LogP contribution < -0.4 is 15.4 Å². The molecule has 0 bridgehead atoms. The van der Waals surface area contributed by atoms with Crippen molar-refractivity contribution < 1.29 is 13.9 Å². The number of anilines is 1. The maximum atomic E-state index is 12.0. The van der Waals surface area contributed by atoms with Crippen molar-refractivity contribution in [3.63, 3.8) is 0 Å². The van der Waals surface area contributed by atoms with Gasteiger partial charge in [-0.1, -0.05) is 30.3 Å².